The van der Waals surface area contributed by atoms with Gasteiger partial charge in [-0.2, -0.15) is 13.2 Å². The zero-order valence-electron chi connectivity index (χ0n) is 14.2. The molecule has 3 nitrogen and oxygen atoms in total. The molecule has 7 heteroatoms. The van der Waals surface area contributed by atoms with E-state index in [2.05, 4.69) is 15.9 Å². The summed E-state index contributed by atoms with van der Waals surface area (Å²) >= 11 is 3.32. The fourth-order valence-electron chi connectivity index (χ4n) is 2.64. The summed E-state index contributed by atoms with van der Waals surface area (Å²) in [6.07, 6.45) is -3.01. The first kappa shape index (κ1) is 19.5. The van der Waals surface area contributed by atoms with Crippen molar-refractivity contribution in [1.82, 2.24) is 0 Å². The number of ether oxygens (including phenoxy) is 1. The van der Waals surface area contributed by atoms with Crippen molar-refractivity contribution in [2.75, 3.05) is 11.9 Å². The first-order chi connectivity index (χ1) is 12.9. The van der Waals surface area contributed by atoms with Gasteiger partial charge in [-0.25, -0.2) is 0 Å². The van der Waals surface area contributed by atoms with Gasteiger partial charge in [-0.1, -0.05) is 46.3 Å². The average molecular weight is 441 g/mol. The van der Waals surface area contributed by atoms with Crippen molar-refractivity contribution in [3.8, 4) is 17.1 Å². The highest BCUT2D eigenvalue weighted by Crippen LogP contribution is 2.34. The second-order valence-electron chi connectivity index (χ2n) is 5.91. The van der Waals surface area contributed by atoms with Crippen LogP contribution in [-0.4, -0.2) is 11.9 Å². The van der Waals surface area contributed by atoms with Crippen molar-refractivity contribution in [1.29, 1.82) is 0 Å². The molecular formula is C20H16BrF3O3. The van der Waals surface area contributed by atoms with Crippen LogP contribution in [0.4, 0.5) is 13.2 Å². The van der Waals surface area contributed by atoms with Crippen LogP contribution in [0.25, 0.3) is 22.3 Å². The van der Waals surface area contributed by atoms with Crippen LogP contribution in [0.5, 0.6) is 5.75 Å². The number of unbranched alkanes of at least 4 members (excludes halogenated alkanes) is 1. The quantitative estimate of drug-likeness (QED) is 0.346. The topological polar surface area (TPSA) is 39.4 Å². The molecule has 2 aromatic carbocycles. The molecule has 0 saturated carbocycles. The Labute approximate surface area is 161 Å². The third kappa shape index (κ3) is 4.35. The van der Waals surface area contributed by atoms with Gasteiger partial charge in [-0.15, -0.1) is 0 Å². The fourth-order valence-corrected chi connectivity index (χ4v) is 3.03. The highest BCUT2D eigenvalue weighted by Gasteiger charge is 2.31. The number of hydrogen-bond acceptors (Lipinski definition) is 3. The highest BCUT2D eigenvalue weighted by atomic mass is 79.9. The summed E-state index contributed by atoms with van der Waals surface area (Å²) in [7, 11) is 0. The molecule has 0 amide bonds. The van der Waals surface area contributed by atoms with Crippen molar-refractivity contribution >= 4 is 26.9 Å². The second kappa shape index (κ2) is 8.17. The standard InChI is InChI=1S/C20H16BrF3O3/c21-10-4-5-11-26-19-17(25)15-12-14(20(22,23)24)8-9-16(15)27-18(19)13-6-2-1-3-7-13/h1-3,6-9,12H,4-5,10-11H2. The zero-order valence-corrected chi connectivity index (χ0v) is 15.8. The molecule has 0 fully saturated rings. The SMILES string of the molecule is O=c1c(OCCCCBr)c(-c2ccccc2)oc2ccc(C(F)(F)F)cc12. The van der Waals surface area contributed by atoms with Crippen molar-refractivity contribution in [2.45, 2.75) is 19.0 Å². The lowest BCUT2D eigenvalue weighted by Gasteiger charge is -2.13. The molecule has 3 aromatic rings. The van der Waals surface area contributed by atoms with E-state index in [-0.39, 0.29) is 29.1 Å². The summed E-state index contributed by atoms with van der Waals surface area (Å²) in [5.41, 5.74) is -0.813. The molecule has 1 heterocycles. The Hall–Kier alpha value is -2.28. The van der Waals surface area contributed by atoms with Gasteiger partial charge < -0.3 is 9.15 Å². The molecule has 0 spiro atoms. The first-order valence-corrected chi connectivity index (χ1v) is 9.46. The zero-order chi connectivity index (χ0) is 19.4. The Morgan fingerprint density at radius 2 is 1.78 bits per heavy atom. The van der Waals surface area contributed by atoms with Crippen LogP contribution >= 0.6 is 15.9 Å². The van der Waals surface area contributed by atoms with Gasteiger partial charge in [-0.3, -0.25) is 4.79 Å². The summed E-state index contributed by atoms with van der Waals surface area (Å²) in [6.45, 7) is 0.265. The molecule has 1 aromatic heterocycles. The number of rotatable bonds is 6. The maximum Gasteiger partial charge on any atom is 0.416 e. The number of fused-ring (bicyclic) bond motifs is 1. The summed E-state index contributed by atoms with van der Waals surface area (Å²) in [6, 6.07) is 11.7. The van der Waals surface area contributed by atoms with Crippen LogP contribution in [0.1, 0.15) is 18.4 Å². The maximum atomic E-state index is 13.0. The fraction of sp³-hybridized carbons (Fsp3) is 0.250. The third-order valence-corrected chi connectivity index (χ3v) is 4.55. The molecule has 0 saturated heterocycles. The lowest BCUT2D eigenvalue weighted by Crippen LogP contribution is -2.13. The Balaban J connectivity index is 2.16. The van der Waals surface area contributed by atoms with Crippen LogP contribution < -0.4 is 10.2 Å². The lowest BCUT2D eigenvalue weighted by molar-refractivity contribution is -0.137. The molecule has 0 aliphatic rings. The number of alkyl halides is 4. The molecule has 27 heavy (non-hydrogen) atoms. The Morgan fingerprint density at radius 1 is 1.04 bits per heavy atom. The minimum Gasteiger partial charge on any atom is -0.486 e. The molecule has 0 aliphatic carbocycles. The lowest BCUT2D eigenvalue weighted by atomic mass is 10.1. The molecule has 0 N–H and O–H groups in total. The van der Waals surface area contributed by atoms with Crippen molar-refractivity contribution in [2.24, 2.45) is 0 Å². The van der Waals surface area contributed by atoms with Crippen LogP contribution in [0.15, 0.2) is 57.7 Å². The molecule has 0 atom stereocenters. The molecule has 0 bridgehead atoms. The van der Waals surface area contributed by atoms with E-state index >= 15 is 0 Å². The number of hydrogen-bond donors (Lipinski definition) is 0. The van der Waals surface area contributed by atoms with Crippen molar-refractivity contribution in [3.63, 3.8) is 0 Å². The van der Waals surface area contributed by atoms with E-state index < -0.39 is 17.2 Å². The van der Waals surface area contributed by atoms with E-state index in [1.165, 1.54) is 6.07 Å². The van der Waals surface area contributed by atoms with Gasteiger partial charge in [-0.05, 0) is 31.0 Å². The summed E-state index contributed by atoms with van der Waals surface area (Å²) in [5, 5.41) is 0.642. The van der Waals surface area contributed by atoms with Gasteiger partial charge in [0.2, 0.25) is 11.2 Å². The minimum absolute atomic E-state index is 0.0670. The summed E-state index contributed by atoms with van der Waals surface area (Å²) < 4.78 is 50.5. The van der Waals surface area contributed by atoms with E-state index in [1.807, 2.05) is 6.07 Å². The molecule has 0 unspecified atom stereocenters. The van der Waals surface area contributed by atoms with Crippen LogP contribution in [-0.2, 0) is 6.18 Å². The summed E-state index contributed by atoms with van der Waals surface area (Å²) in [4.78, 5) is 12.9. The van der Waals surface area contributed by atoms with Crippen molar-refractivity contribution in [3.05, 3.63) is 64.3 Å². The predicted octanol–water partition coefficient (Wildman–Crippen LogP) is 6.03. The molecule has 0 aliphatic heterocycles. The van der Waals surface area contributed by atoms with E-state index in [9.17, 15) is 18.0 Å². The Bertz CT molecular complexity index is 981. The van der Waals surface area contributed by atoms with E-state index in [4.69, 9.17) is 9.15 Å². The molecule has 0 radical (unpaired) electrons. The van der Waals surface area contributed by atoms with Gasteiger partial charge in [0.1, 0.15) is 5.58 Å². The van der Waals surface area contributed by atoms with Crippen LogP contribution in [0.2, 0.25) is 0 Å². The van der Waals surface area contributed by atoms with Gasteiger partial charge in [0.25, 0.3) is 0 Å². The summed E-state index contributed by atoms with van der Waals surface area (Å²) in [5.74, 6) is 0.147. The van der Waals surface area contributed by atoms with Gasteiger partial charge in [0, 0.05) is 10.9 Å². The normalized spacial score (nSPS) is 11.7. The Kier molecular flexibility index (Phi) is 5.89. The van der Waals surface area contributed by atoms with Crippen LogP contribution in [0.3, 0.4) is 0 Å². The maximum absolute atomic E-state index is 13.0. The number of benzene rings is 2. The van der Waals surface area contributed by atoms with E-state index in [1.54, 1.807) is 24.3 Å². The van der Waals surface area contributed by atoms with Crippen LogP contribution in [0, 0.1) is 0 Å². The minimum atomic E-state index is -4.55. The largest absolute Gasteiger partial charge is 0.486 e. The highest BCUT2D eigenvalue weighted by molar-refractivity contribution is 9.09. The van der Waals surface area contributed by atoms with Crippen molar-refractivity contribution < 1.29 is 22.3 Å². The number of halogens is 4. The molecular weight excluding hydrogens is 425 g/mol. The molecule has 142 valence electrons. The van der Waals surface area contributed by atoms with E-state index in [0.29, 0.717) is 12.0 Å². The first-order valence-electron chi connectivity index (χ1n) is 8.34. The average Bonchev–Trinajstić information content (AvgIpc) is 2.66. The van der Waals surface area contributed by atoms with Gasteiger partial charge in [0.05, 0.1) is 17.6 Å². The van der Waals surface area contributed by atoms with Gasteiger partial charge >= 0.3 is 6.18 Å². The Morgan fingerprint density at radius 3 is 2.44 bits per heavy atom. The van der Waals surface area contributed by atoms with E-state index in [0.717, 1.165) is 23.9 Å². The predicted molar refractivity (Wildman–Crippen MR) is 101 cm³/mol. The second-order valence-corrected chi connectivity index (χ2v) is 6.70. The molecule has 3 rings (SSSR count). The van der Waals surface area contributed by atoms with Gasteiger partial charge in [0.15, 0.2) is 5.76 Å². The third-order valence-electron chi connectivity index (χ3n) is 3.99. The smallest absolute Gasteiger partial charge is 0.416 e. The monoisotopic (exact) mass is 440 g/mol.